The Morgan fingerprint density at radius 3 is 2.47 bits per heavy atom. The molecular weight excluding hydrogens is 232 g/mol. The van der Waals surface area contributed by atoms with Crippen molar-refractivity contribution in [3.05, 3.63) is 78.1 Å². The van der Waals surface area contributed by atoms with Gasteiger partial charge in [0.2, 0.25) is 0 Å². The van der Waals surface area contributed by atoms with E-state index >= 15 is 0 Å². The summed E-state index contributed by atoms with van der Waals surface area (Å²) >= 11 is 0. The molecule has 2 nitrogen and oxygen atoms in total. The molecule has 1 aromatic heterocycles. The van der Waals surface area contributed by atoms with Crippen LogP contribution in [-0.4, -0.2) is 9.55 Å². The normalized spacial score (nSPS) is 10.6. The Bertz CT molecular complexity index is 651. The van der Waals surface area contributed by atoms with E-state index in [2.05, 4.69) is 71.2 Å². The standard InChI is InChI=1S/C17H15N2/c1-14-7-9-16(10-8-14)17-18-11-12-19(17)13-15-5-3-2-4-6-15/h2-10,12H,13H2,1H3. The SMILES string of the molecule is Cc1ccc(-c2n[c]cn2Cc2ccccc2)cc1. The predicted molar refractivity (Wildman–Crippen MR) is 76.8 cm³/mol. The van der Waals surface area contributed by atoms with Crippen LogP contribution in [0, 0.1) is 13.1 Å². The molecule has 93 valence electrons. The van der Waals surface area contributed by atoms with Crippen molar-refractivity contribution in [3.8, 4) is 11.4 Å². The van der Waals surface area contributed by atoms with Crippen molar-refractivity contribution in [1.82, 2.24) is 9.55 Å². The molecule has 0 amide bonds. The van der Waals surface area contributed by atoms with Crippen molar-refractivity contribution in [2.24, 2.45) is 0 Å². The van der Waals surface area contributed by atoms with E-state index < -0.39 is 0 Å². The van der Waals surface area contributed by atoms with Crippen LogP contribution in [-0.2, 0) is 6.54 Å². The number of hydrogen-bond donors (Lipinski definition) is 0. The van der Waals surface area contributed by atoms with E-state index in [1.165, 1.54) is 11.1 Å². The van der Waals surface area contributed by atoms with E-state index in [-0.39, 0.29) is 0 Å². The summed E-state index contributed by atoms with van der Waals surface area (Å²) in [5.74, 6) is 0.962. The summed E-state index contributed by atoms with van der Waals surface area (Å²) in [6.07, 6.45) is 4.85. The third kappa shape index (κ3) is 2.58. The van der Waals surface area contributed by atoms with Gasteiger partial charge in [0.05, 0.1) is 0 Å². The highest BCUT2D eigenvalue weighted by Crippen LogP contribution is 2.18. The van der Waals surface area contributed by atoms with E-state index in [0.717, 1.165) is 17.9 Å². The summed E-state index contributed by atoms with van der Waals surface area (Å²) in [7, 11) is 0. The first-order valence-electron chi connectivity index (χ1n) is 6.37. The fraction of sp³-hybridized carbons (Fsp3) is 0.118. The lowest BCUT2D eigenvalue weighted by Gasteiger charge is -2.08. The predicted octanol–water partition coefficient (Wildman–Crippen LogP) is 3.71. The van der Waals surface area contributed by atoms with Gasteiger partial charge in [-0.3, -0.25) is 0 Å². The van der Waals surface area contributed by atoms with Gasteiger partial charge in [-0.25, -0.2) is 4.98 Å². The lowest BCUT2D eigenvalue weighted by molar-refractivity contribution is 0.807. The Labute approximate surface area is 113 Å². The number of benzene rings is 2. The second-order valence-corrected chi connectivity index (χ2v) is 4.67. The Balaban J connectivity index is 1.92. The van der Waals surface area contributed by atoms with Gasteiger partial charge >= 0.3 is 0 Å². The minimum Gasteiger partial charge on any atom is -0.326 e. The molecule has 0 N–H and O–H groups in total. The summed E-state index contributed by atoms with van der Waals surface area (Å²) in [4.78, 5) is 4.35. The summed E-state index contributed by atoms with van der Waals surface area (Å²) in [5.41, 5.74) is 3.65. The van der Waals surface area contributed by atoms with Crippen molar-refractivity contribution < 1.29 is 0 Å². The molecule has 1 radical (unpaired) electrons. The molecule has 0 aliphatic rings. The first kappa shape index (κ1) is 11.7. The summed E-state index contributed by atoms with van der Waals surface area (Å²) in [6.45, 7) is 2.91. The number of aromatic nitrogens is 2. The Morgan fingerprint density at radius 1 is 1.00 bits per heavy atom. The molecule has 1 heterocycles. The van der Waals surface area contributed by atoms with Crippen LogP contribution in [0.1, 0.15) is 11.1 Å². The smallest absolute Gasteiger partial charge is 0.141 e. The molecule has 0 fully saturated rings. The average Bonchev–Trinajstić information content (AvgIpc) is 2.89. The molecule has 2 heteroatoms. The van der Waals surface area contributed by atoms with Gasteiger partial charge in [-0.15, -0.1) is 0 Å². The van der Waals surface area contributed by atoms with Gasteiger partial charge in [-0.1, -0.05) is 60.2 Å². The van der Waals surface area contributed by atoms with Crippen molar-refractivity contribution in [2.45, 2.75) is 13.5 Å². The molecule has 19 heavy (non-hydrogen) atoms. The zero-order chi connectivity index (χ0) is 13.1. The lowest BCUT2D eigenvalue weighted by Crippen LogP contribution is -2.00. The van der Waals surface area contributed by atoms with Crippen molar-refractivity contribution in [1.29, 1.82) is 0 Å². The Morgan fingerprint density at radius 2 is 1.74 bits per heavy atom. The van der Waals surface area contributed by atoms with Crippen LogP contribution < -0.4 is 0 Å². The highest BCUT2D eigenvalue weighted by molar-refractivity contribution is 5.56. The van der Waals surface area contributed by atoms with Crippen molar-refractivity contribution in [2.75, 3.05) is 0 Å². The number of hydrogen-bond acceptors (Lipinski definition) is 1. The number of aryl methyl sites for hydroxylation is 1. The summed E-state index contributed by atoms with van der Waals surface area (Å²) in [6, 6.07) is 18.8. The van der Waals surface area contributed by atoms with E-state index in [1.807, 2.05) is 12.3 Å². The zero-order valence-electron chi connectivity index (χ0n) is 10.9. The summed E-state index contributed by atoms with van der Waals surface area (Å²) in [5, 5.41) is 0. The molecule has 0 aliphatic carbocycles. The van der Waals surface area contributed by atoms with Crippen LogP contribution in [0.5, 0.6) is 0 Å². The fourth-order valence-electron chi connectivity index (χ4n) is 2.12. The quantitative estimate of drug-likeness (QED) is 0.690. The van der Waals surface area contributed by atoms with Crippen LogP contribution in [0.2, 0.25) is 0 Å². The van der Waals surface area contributed by atoms with Crippen molar-refractivity contribution >= 4 is 0 Å². The van der Waals surface area contributed by atoms with Crippen molar-refractivity contribution in [3.63, 3.8) is 0 Å². The first-order chi connectivity index (χ1) is 9.33. The van der Waals surface area contributed by atoms with E-state index in [1.54, 1.807) is 0 Å². The first-order valence-corrected chi connectivity index (χ1v) is 6.37. The van der Waals surface area contributed by atoms with Gasteiger partial charge in [-0.2, -0.15) is 0 Å². The summed E-state index contributed by atoms with van der Waals surface area (Å²) < 4.78 is 2.12. The van der Waals surface area contributed by atoms with Crippen LogP contribution in [0.4, 0.5) is 0 Å². The molecule has 3 rings (SSSR count). The van der Waals surface area contributed by atoms with Gasteiger partial charge < -0.3 is 4.57 Å². The maximum Gasteiger partial charge on any atom is 0.141 e. The molecule has 0 bridgehead atoms. The van der Waals surface area contributed by atoms with Gasteiger partial charge in [0.25, 0.3) is 0 Å². The van der Waals surface area contributed by atoms with Gasteiger partial charge in [0.1, 0.15) is 12.0 Å². The third-order valence-corrected chi connectivity index (χ3v) is 3.16. The highest BCUT2D eigenvalue weighted by atomic mass is 15.1. The van der Waals surface area contributed by atoms with E-state index in [4.69, 9.17) is 0 Å². The van der Waals surface area contributed by atoms with Crippen LogP contribution in [0.15, 0.2) is 60.8 Å². The second kappa shape index (κ2) is 5.11. The molecule has 0 spiro atoms. The number of imidazole rings is 1. The van der Waals surface area contributed by atoms with Crippen LogP contribution >= 0.6 is 0 Å². The van der Waals surface area contributed by atoms with Crippen LogP contribution in [0.3, 0.4) is 0 Å². The second-order valence-electron chi connectivity index (χ2n) is 4.67. The maximum absolute atomic E-state index is 4.35. The molecule has 0 aliphatic heterocycles. The topological polar surface area (TPSA) is 17.8 Å². The molecule has 0 atom stereocenters. The minimum atomic E-state index is 0.820. The lowest BCUT2D eigenvalue weighted by atomic mass is 10.1. The maximum atomic E-state index is 4.35. The third-order valence-electron chi connectivity index (χ3n) is 3.16. The molecule has 3 aromatic rings. The molecule has 2 aromatic carbocycles. The zero-order valence-corrected chi connectivity index (χ0v) is 10.9. The van der Waals surface area contributed by atoms with Crippen LogP contribution in [0.25, 0.3) is 11.4 Å². The fourth-order valence-corrected chi connectivity index (χ4v) is 2.12. The largest absolute Gasteiger partial charge is 0.326 e. The highest BCUT2D eigenvalue weighted by Gasteiger charge is 2.06. The molecular formula is C17H15N2. The van der Waals surface area contributed by atoms with Gasteiger partial charge in [0, 0.05) is 18.3 Å². The monoisotopic (exact) mass is 247 g/mol. The van der Waals surface area contributed by atoms with Gasteiger partial charge in [0.15, 0.2) is 0 Å². The van der Waals surface area contributed by atoms with E-state index in [0.29, 0.717) is 0 Å². The average molecular weight is 247 g/mol. The van der Waals surface area contributed by atoms with E-state index in [9.17, 15) is 0 Å². The number of rotatable bonds is 3. The van der Waals surface area contributed by atoms with Gasteiger partial charge in [-0.05, 0) is 12.5 Å². The number of nitrogens with zero attached hydrogens (tertiary/aromatic N) is 2. The molecule has 0 saturated carbocycles. The Kier molecular flexibility index (Phi) is 3.15. The minimum absolute atomic E-state index is 0.820. The molecule has 0 saturated heterocycles. The Hall–Kier alpha value is -2.35. The molecule has 0 unspecified atom stereocenters.